The zero-order chi connectivity index (χ0) is 15.1. The van der Waals surface area contributed by atoms with Gasteiger partial charge in [0.1, 0.15) is 10.8 Å². The van der Waals surface area contributed by atoms with Gasteiger partial charge in [-0.1, -0.05) is 0 Å². The predicted molar refractivity (Wildman–Crippen MR) is 80.5 cm³/mol. The van der Waals surface area contributed by atoms with Gasteiger partial charge in [0.05, 0.1) is 11.8 Å². The van der Waals surface area contributed by atoms with Gasteiger partial charge in [-0.2, -0.15) is 0 Å². The lowest BCUT2D eigenvalue weighted by Gasteiger charge is -2.04. The number of thiophene rings is 1. The van der Waals surface area contributed by atoms with Crippen molar-refractivity contribution in [3.05, 3.63) is 40.2 Å². The summed E-state index contributed by atoms with van der Waals surface area (Å²) in [4.78, 5) is 24.8. The van der Waals surface area contributed by atoms with E-state index in [0.717, 1.165) is 22.6 Å². The summed E-state index contributed by atoms with van der Waals surface area (Å²) < 4.78 is 5.32. The Labute approximate surface area is 126 Å². The van der Waals surface area contributed by atoms with Gasteiger partial charge in [0, 0.05) is 16.7 Å². The molecule has 2 aromatic heterocycles. The number of amides is 2. The highest BCUT2D eigenvalue weighted by atomic mass is 32.1. The SMILES string of the molecule is Cc1sc(NC(=O)[C@@H]2C[C@H]2c2ccco2)c(C(N)=O)c1C. The maximum Gasteiger partial charge on any atom is 0.251 e. The van der Waals surface area contributed by atoms with Crippen molar-refractivity contribution in [2.75, 3.05) is 5.32 Å². The van der Waals surface area contributed by atoms with Gasteiger partial charge >= 0.3 is 0 Å². The van der Waals surface area contributed by atoms with Crippen molar-refractivity contribution in [3.8, 4) is 0 Å². The number of hydrogen-bond acceptors (Lipinski definition) is 4. The van der Waals surface area contributed by atoms with Crippen LogP contribution < -0.4 is 11.1 Å². The number of furan rings is 1. The van der Waals surface area contributed by atoms with Gasteiger partial charge in [0.2, 0.25) is 5.91 Å². The fourth-order valence-corrected chi connectivity index (χ4v) is 3.59. The minimum absolute atomic E-state index is 0.0832. The molecule has 0 spiro atoms. The number of anilines is 1. The molecule has 2 heterocycles. The summed E-state index contributed by atoms with van der Waals surface area (Å²) in [7, 11) is 0. The van der Waals surface area contributed by atoms with E-state index >= 15 is 0 Å². The Morgan fingerprint density at radius 3 is 2.81 bits per heavy atom. The maximum atomic E-state index is 12.3. The lowest BCUT2D eigenvalue weighted by atomic mass is 10.1. The zero-order valence-corrected chi connectivity index (χ0v) is 12.6. The van der Waals surface area contributed by atoms with Crippen molar-refractivity contribution >= 4 is 28.2 Å². The molecule has 1 saturated carbocycles. The maximum absolute atomic E-state index is 12.3. The number of carbonyl (C=O) groups is 2. The fraction of sp³-hybridized carbons (Fsp3) is 0.333. The third kappa shape index (κ3) is 2.47. The highest BCUT2D eigenvalue weighted by Crippen LogP contribution is 2.48. The largest absolute Gasteiger partial charge is 0.469 e. The Hall–Kier alpha value is -2.08. The number of rotatable bonds is 4. The normalized spacial score (nSPS) is 20.3. The Morgan fingerprint density at radius 1 is 1.43 bits per heavy atom. The number of aryl methyl sites for hydroxylation is 1. The van der Waals surface area contributed by atoms with Crippen LogP contribution in [0.2, 0.25) is 0 Å². The van der Waals surface area contributed by atoms with Gasteiger partial charge in [0.15, 0.2) is 0 Å². The smallest absolute Gasteiger partial charge is 0.251 e. The van der Waals surface area contributed by atoms with Crippen molar-refractivity contribution in [1.82, 2.24) is 0 Å². The summed E-state index contributed by atoms with van der Waals surface area (Å²) in [6.45, 7) is 3.75. The number of nitrogens with one attached hydrogen (secondary N) is 1. The van der Waals surface area contributed by atoms with Gasteiger partial charge < -0.3 is 15.5 Å². The van der Waals surface area contributed by atoms with Gasteiger partial charge in [-0.25, -0.2) is 0 Å². The molecule has 110 valence electrons. The summed E-state index contributed by atoms with van der Waals surface area (Å²) in [6, 6.07) is 3.70. The molecule has 5 nitrogen and oxygen atoms in total. The molecular formula is C15H16N2O3S. The highest BCUT2D eigenvalue weighted by molar-refractivity contribution is 7.16. The molecule has 0 aromatic carbocycles. The van der Waals surface area contributed by atoms with E-state index in [1.54, 1.807) is 6.26 Å². The van der Waals surface area contributed by atoms with Gasteiger partial charge in [-0.05, 0) is 38.0 Å². The second-order valence-electron chi connectivity index (χ2n) is 5.30. The number of primary amides is 1. The van der Waals surface area contributed by atoms with Crippen molar-refractivity contribution in [1.29, 1.82) is 0 Å². The van der Waals surface area contributed by atoms with Crippen molar-refractivity contribution in [2.24, 2.45) is 11.7 Å². The fourth-order valence-electron chi connectivity index (χ4n) is 2.52. The molecule has 1 aliphatic carbocycles. The minimum atomic E-state index is -0.509. The van der Waals surface area contributed by atoms with Crippen LogP contribution in [0.15, 0.2) is 22.8 Å². The van der Waals surface area contributed by atoms with E-state index in [-0.39, 0.29) is 17.7 Å². The Morgan fingerprint density at radius 2 is 2.19 bits per heavy atom. The molecule has 21 heavy (non-hydrogen) atoms. The van der Waals surface area contributed by atoms with E-state index < -0.39 is 5.91 Å². The van der Waals surface area contributed by atoms with Gasteiger partial charge in [0.25, 0.3) is 5.91 Å². The van der Waals surface area contributed by atoms with E-state index in [4.69, 9.17) is 10.2 Å². The average molecular weight is 304 g/mol. The average Bonchev–Trinajstić information content (AvgIpc) is 2.93. The number of carbonyl (C=O) groups excluding carboxylic acids is 2. The van der Waals surface area contributed by atoms with Crippen LogP contribution in [0.3, 0.4) is 0 Å². The Bertz CT molecular complexity index is 703. The quantitative estimate of drug-likeness (QED) is 0.910. The van der Waals surface area contributed by atoms with Crippen LogP contribution in [0.4, 0.5) is 5.00 Å². The van der Waals surface area contributed by atoms with E-state index in [0.29, 0.717) is 10.6 Å². The predicted octanol–water partition coefficient (Wildman–Crippen LogP) is 2.80. The van der Waals surface area contributed by atoms with Crippen LogP contribution in [0.25, 0.3) is 0 Å². The van der Waals surface area contributed by atoms with Gasteiger partial charge in [-0.15, -0.1) is 11.3 Å². The summed E-state index contributed by atoms with van der Waals surface area (Å²) >= 11 is 1.39. The molecule has 6 heteroatoms. The van der Waals surface area contributed by atoms with E-state index in [2.05, 4.69) is 5.32 Å². The van der Waals surface area contributed by atoms with Crippen molar-refractivity contribution in [2.45, 2.75) is 26.2 Å². The Balaban J connectivity index is 1.75. The lowest BCUT2D eigenvalue weighted by Crippen LogP contribution is -2.18. The minimum Gasteiger partial charge on any atom is -0.469 e. The van der Waals surface area contributed by atoms with Crippen LogP contribution in [-0.4, -0.2) is 11.8 Å². The first-order chi connectivity index (χ1) is 9.99. The summed E-state index contributed by atoms with van der Waals surface area (Å²) in [5.41, 5.74) is 6.65. The molecule has 2 aromatic rings. The number of hydrogen-bond donors (Lipinski definition) is 2. The molecule has 0 saturated heterocycles. The molecule has 3 rings (SSSR count). The first-order valence-corrected chi connectivity index (χ1v) is 7.54. The first kappa shape index (κ1) is 13.9. The third-order valence-corrected chi connectivity index (χ3v) is 5.03. The van der Waals surface area contributed by atoms with Crippen LogP contribution in [0, 0.1) is 19.8 Å². The first-order valence-electron chi connectivity index (χ1n) is 6.73. The van der Waals surface area contributed by atoms with Crippen LogP contribution in [-0.2, 0) is 4.79 Å². The van der Waals surface area contributed by atoms with Crippen LogP contribution in [0.5, 0.6) is 0 Å². The molecule has 2 atom stereocenters. The van der Waals surface area contributed by atoms with E-state index in [9.17, 15) is 9.59 Å². The van der Waals surface area contributed by atoms with Crippen LogP contribution >= 0.6 is 11.3 Å². The van der Waals surface area contributed by atoms with Crippen molar-refractivity contribution < 1.29 is 14.0 Å². The van der Waals surface area contributed by atoms with E-state index in [1.165, 1.54) is 11.3 Å². The second-order valence-corrected chi connectivity index (χ2v) is 6.53. The molecule has 1 fully saturated rings. The molecule has 1 aliphatic rings. The standard InChI is InChI=1S/C15H16N2O3S/c1-7-8(2)21-15(12(7)13(16)18)17-14(19)10-6-9(10)11-4-3-5-20-11/h3-5,9-10H,6H2,1-2H3,(H2,16,18)(H,17,19)/t9-,10-/m1/s1. The summed E-state index contributed by atoms with van der Waals surface area (Å²) in [6.07, 6.45) is 2.38. The molecule has 0 bridgehead atoms. The molecule has 0 radical (unpaired) electrons. The topological polar surface area (TPSA) is 85.3 Å². The third-order valence-electron chi connectivity index (χ3n) is 3.90. The highest BCUT2D eigenvalue weighted by Gasteiger charge is 2.46. The monoisotopic (exact) mass is 304 g/mol. The van der Waals surface area contributed by atoms with Gasteiger partial charge in [-0.3, -0.25) is 9.59 Å². The van der Waals surface area contributed by atoms with Crippen LogP contribution in [0.1, 0.15) is 38.9 Å². The summed E-state index contributed by atoms with van der Waals surface area (Å²) in [5.74, 6) is 0.285. The Kier molecular flexibility index (Phi) is 3.33. The van der Waals surface area contributed by atoms with Crippen molar-refractivity contribution in [3.63, 3.8) is 0 Å². The van der Waals surface area contributed by atoms with E-state index in [1.807, 2.05) is 26.0 Å². The second kappa shape index (κ2) is 5.04. The molecular weight excluding hydrogens is 288 g/mol. The number of nitrogens with two attached hydrogens (primary N) is 1. The zero-order valence-electron chi connectivity index (χ0n) is 11.8. The molecule has 0 unspecified atom stereocenters. The summed E-state index contributed by atoms with van der Waals surface area (Å²) in [5, 5.41) is 3.39. The molecule has 0 aliphatic heterocycles. The lowest BCUT2D eigenvalue weighted by molar-refractivity contribution is -0.117. The molecule has 2 amide bonds. The molecule has 3 N–H and O–H groups in total.